The second kappa shape index (κ2) is 11.6. The zero-order valence-electron chi connectivity index (χ0n) is 28.4. The van der Waals surface area contributed by atoms with E-state index in [0.717, 1.165) is 24.1 Å². The van der Waals surface area contributed by atoms with E-state index >= 15 is 0 Å². The fraction of sp³-hybridized carbons (Fsp3) is 0.146. The molecule has 0 saturated carbocycles. The van der Waals surface area contributed by atoms with Crippen molar-refractivity contribution in [1.82, 2.24) is 4.98 Å². The molecule has 1 atom stereocenters. The van der Waals surface area contributed by atoms with Crippen LogP contribution in [0.2, 0.25) is 0 Å². The molecule has 0 aliphatic heterocycles. The van der Waals surface area contributed by atoms with Crippen LogP contribution in [0.4, 0.5) is 0 Å². The predicted molar refractivity (Wildman–Crippen MR) is 208 cm³/mol. The molecule has 1 heterocycles. The Balaban J connectivity index is 1.24. The smallest absolute Gasteiger partial charge is 0.0701 e. The maximum Gasteiger partial charge on any atom is 0.0701 e. The van der Waals surface area contributed by atoms with Crippen molar-refractivity contribution < 1.29 is 0 Å². The van der Waals surface area contributed by atoms with Gasteiger partial charge in [0.15, 0.2) is 0 Å². The Hall–Kier alpha value is -5.53. The van der Waals surface area contributed by atoms with Gasteiger partial charge in [-0.05, 0) is 114 Å². The van der Waals surface area contributed by atoms with Gasteiger partial charge in [0.1, 0.15) is 0 Å². The van der Waals surface area contributed by atoms with E-state index in [2.05, 4.69) is 165 Å². The minimum absolute atomic E-state index is 0.128. The third-order valence-electron chi connectivity index (χ3n) is 10.7. The van der Waals surface area contributed by atoms with E-state index in [0.29, 0.717) is 0 Å². The molecule has 1 heteroatoms. The Kier molecular flexibility index (Phi) is 6.99. The Morgan fingerprint density at radius 3 is 2.18 bits per heavy atom. The minimum atomic E-state index is 0.128. The summed E-state index contributed by atoms with van der Waals surface area (Å²) in [7, 11) is 0. The molecule has 2 aliphatic carbocycles. The molecule has 0 fully saturated rings. The van der Waals surface area contributed by atoms with Gasteiger partial charge >= 0.3 is 0 Å². The first-order valence-corrected chi connectivity index (χ1v) is 17.5. The van der Waals surface area contributed by atoms with Crippen molar-refractivity contribution in [3.63, 3.8) is 0 Å². The topological polar surface area (TPSA) is 12.9 Å². The summed E-state index contributed by atoms with van der Waals surface area (Å²) in [4.78, 5) is 4.60. The minimum Gasteiger partial charge on any atom is -0.256 e. The van der Waals surface area contributed by atoms with Crippen LogP contribution in [0.1, 0.15) is 66.5 Å². The molecular weight excluding hydrogens is 591 g/mol. The lowest BCUT2D eigenvalue weighted by Gasteiger charge is -2.28. The van der Waals surface area contributed by atoms with Gasteiger partial charge in [-0.15, -0.1) is 0 Å². The number of hydrogen-bond donors (Lipinski definition) is 0. The van der Waals surface area contributed by atoms with Gasteiger partial charge in [0, 0.05) is 17.7 Å². The molecule has 236 valence electrons. The maximum atomic E-state index is 4.60. The highest BCUT2D eigenvalue weighted by Gasteiger charge is 2.28. The van der Waals surface area contributed by atoms with Crippen molar-refractivity contribution >= 4 is 33.2 Å². The summed E-state index contributed by atoms with van der Waals surface area (Å²) in [5.41, 5.74) is 15.7. The van der Waals surface area contributed by atoms with Crippen molar-refractivity contribution in [3.8, 4) is 22.4 Å². The van der Waals surface area contributed by atoms with Crippen molar-refractivity contribution in [2.24, 2.45) is 5.41 Å². The van der Waals surface area contributed by atoms with Gasteiger partial charge in [-0.3, -0.25) is 4.98 Å². The van der Waals surface area contributed by atoms with Gasteiger partial charge in [-0.2, -0.15) is 0 Å². The van der Waals surface area contributed by atoms with Gasteiger partial charge < -0.3 is 0 Å². The number of allylic oxidation sites excluding steroid dienone is 2. The van der Waals surface area contributed by atoms with Gasteiger partial charge in [0.05, 0.1) is 5.69 Å². The lowest BCUT2D eigenvalue weighted by molar-refractivity contribution is 0.487. The van der Waals surface area contributed by atoms with E-state index in [9.17, 15) is 0 Å². The summed E-state index contributed by atoms with van der Waals surface area (Å²) < 4.78 is 0. The number of hydrogen-bond acceptors (Lipinski definition) is 1. The van der Waals surface area contributed by atoms with Gasteiger partial charge in [0.25, 0.3) is 0 Å². The summed E-state index contributed by atoms with van der Waals surface area (Å²) in [5.74, 6) is 0.128. The summed E-state index contributed by atoms with van der Waals surface area (Å²) in [5, 5.41) is 5.38. The van der Waals surface area contributed by atoms with E-state index in [-0.39, 0.29) is 11.3 Å². The van der Waals surface area contributed by atoms with Crippen LogP contribution in [0.5, 0.6) is 0 Å². The van der Waals surface area contributed by atoms with E-state index in [1.54, 1.807) is 0 Å². The van der Waals surface area contributed by atoms with Gasteiger partial charge in [-0.25, -0.2) is 0 Å². The average molecular weight is 630 g/mol. The van der Waals surface area contributed by atoms with Crippen LogP contribution in [0.15, 0.2) is 151 Å². The molecule has 1 nitrogen and oxygen atoms in total. The van der Waals surface area contributed by atoms with Crippen LogP contribution in [0.3, 0.4) is 0 Å². The molecule has 0 N–H and O–H groups in total. The standard InChI is InChI=1S/C48H39N/c1-48(2,3)40-23-20-34-21-24-41-43(32-15-17-33(18-16-32)45-13-6-7-26-49-45)30-44(42-25-22-39(29-40)46(34)47(41)42)38-12-8-11-36(28-38)37-19-14-31-9-4-5-10-35(31)27-37/h4-19,21-22,24-30,43H,20,23H2,1-3H3. The monoisotopic (exact) mass is 629 g/mol. The number of aryl methyl sites for hydroxylation is 1. The first-order valence-electron chi connectivity index (χ1n) is 17.5. The highest BCUT2D eigenvalue weighted by Crippen LogP contribution is 2.48. The molecule has 0 saturated heterocycles. The molecular formula is C48H39N. The van der Waals surface area contributed by atoms with Crippen molar-refractivity contribution in [1.29, 1.82) is 0 Å². The molecule has 7 aromatic rings. The Labute approximate surface area is 289 Å². The Morgan fingerprint density at radius 1 is 0.592 bits per heavy atom. The fourth-order valence-electron chi connectivity index (χ4n) is 8.06. The molecule has 0 radical (unpaired) electrons. The zero-order chi connectivity index (χ0) is 33.1. The summed E-state index contributed by atoms with van der Waals surface area (Å²) in [6.07, 6.45) is 9.04. The molecule has 9 rings (SSSR count). The first-order chi connectivity index (χ1) is 23.9. The summed E-state index contributed by atoms with van der Waals surface area (Å²) in [6.45, 7) is 7.05. The van der Waals surface area contributed by atoms with Crippen molar-refractivity contribution in [3.05, 3.63) is 185 Å². The fourth-order valence-corrected chi connectivity index (χ4v) is 8.06. The number of pyridine rings is 1. The number of rotatable bonds is 4. The quantitative estimate of drug-likeness (QED) is 0.189. The van der Waals surface area contributed by atoms with Crippen LogP contribution >= 0.6 is 0 Å². The van der Waals surface area contributed by atoms with E-state index in [1.165, 1.54) is 77.2 Å². The molecule has 2 aliphatic rings. The first kappa shape index (κ1) is 29.6. The van der Waals surface area contributed by atoms with E-state index < -0.39 is 0 Å². The lowest BCUT2D eigenvalue weighted by Crippen LogP contribution is -2.09. The van der Waals surface area contributed by atoms with Crippen LogP contribution < -0.4 is 0 Å². The molecule has 0 spiro atoms. The SMILES string of the molecule is CC(C)(C)C1=Cc2ccc3c4c(ccc(c24)CC1)C(c1ccc(-c2ccccn2)cc1)C=C3c1cccc(-c2ccc3ccccc3c2)c1. The van der Waals surface area contributed by atoms with Crippen LogP contribution in [0, 0.1) is 5.41 Å². The number of fused-ring (bicyclic) bond motifs is 1. The molecule has 1 unspecified atom stereocenters. The van der Waals surface area contributed by atoms with Gasteiger partial charge in [-0.1, -0.05) is 148 Å². The second-order valence-corrected chi connectivity index (χ2v) is 14.7. The van der Waals surface area contributed by atoms with E-state index in [1.807, 2.05) is 12.3 Å². The van der Waals surface area contributed by atoms with Crippen molar-refractivity contribution in [2.75, 3.05) is 0 Å². The van der Waals surface area contributed by atoms with Crippen molar-refractivity contribution in [2.45, 2.75) is 39.5 Å². The summed E-state index contributed by atoms with van der Waals surface area (Å²) in [6, 6.07) is 49.4. The molecule has 0 amide bonds. The highest BCUT2D eigenvalue weighted by atomic mass is 14.7. The molecule has 0 bridgehead atoms. The van der Waals surface area contributed by atoms with Gasteiger partial charge in [0.2, 0.25) is 0 Å². The third-order valence-corrected chi connectivity index (χ3v) is 10.7. The molecule has 49 heavy (non-hydrogen) atoms. The Bertz CT molecular complexity index is 2450. The second-order valence-electron chi connectivity index (χ2n) is 14.7. The average Bonchev–Trinajstić information content (AvgIpc) is 3.35. The number of benzene rings is 6. The normalized spacial score (nSPS) is 15.5. The maximum absolute atomic E-state index is 4.60. The predicted octanol–water partition coefficient (Wildman–Crippen LogP) is 12.7. The van der Waals surface area contributed by atoms with Crippen LogP contribution in [0.25, 0.3) is 55.6 Å². The third kappa shape index (κ3) is 5.22. The molecule has 1 aromatic heterocycles. The Morgan fingerprint density at radius 2 is 1.37 bits per heavy atom. The summed E-state index contributed by atoms with van der Waals surface area (Å²) >= 11 is 0. The molecule has 6 aromatic carbocycles. The van der Waals surface area contributed by atoms with Crippen LogP contribution in [-0.4, -0.2) is 4.98 Å². The lowest BCUT2D eigenvalue weighted by atomic mass is 9.75. The van der Waals surface area contributed by atoms with E-state index in [4.69, 9.17) is 0 Å². The largest absolute Gasteiger partial charge is 0.256 e. The number of nitrogens with zero attached hydrogens (tertiary/aromatic N) is 1. The highest BCUT2D eigenvalue weighted by molar-refractivity contribution is 6.07. The van der Waals surface area contributed by atoms with Crippen LogP contribution in [-0.2, 0) is 6.42 Å². The zero-order valence-corrected chi connectivity index (χ0v) is 28.4. The number of aromatic nitrogens is 1.